The van der Waals surface area contributed by atoms with E-state index in [1.54, 1.807) is 0 Å². The van der Waals surface area contributed by atoms with Crippen LogP contribution in [0.1, 0.15) is 33.8 Å². The Morgan fingerprint density at radius 3 is 2.55 bits per heavy atom. The van der Waals surface area contributed by atoms with Crippen molar-refractivity contribution in [3.8, 4) is 0 Å². The topological polar surface area (TPSA) is 38.7 Å². The first kappa shape index (κ1) is 14.4. The van der Waals surface area contributed by atoms with Gasteiger partial charge >= 0.3 is 0 Å². The highest BCUT2D eigenvalue weighted by Gasteiger charge is 2.03. The summed E-state index contributed by atoms with van der Waals surface area (Å²) in [6, 6.07) is 12.5. The predicted molar refractivity (Wildman–Crippen MR) is 87.8 cm³/mol. The van der Waals surface area contributed by atoms with Crippen LogP contribution in [-0.2, 0) is 12.8 Å². The summed E-state index contributed by atoms with van der Waals surface area (Å²) in [7, 11) is 0. The highest BCUT2D eigenvalue weighted by molar-refractivity contribution is 5.27. The van der Waals surface area contributed by atoms with Gasteiger partial charge in [0.15, 0.2) is 0 Å². The highest BCUT2D eigenvalue weighted by atomic mass is 14.7. The van der Waals surface area contributed by atoms with Crippen molar-refractivity contribution in [1.29, 1.82) is 0 Å². The molecule has 3 nitrogen and oxygen atoms in total. The van der Waals surface area contributed by atoms with Crippen molar-refractivity contribution in [2.75, 3.05) is 0 Å². The van der Waals surface area contributed by atoms with E-state index in [1.165, 1.54) is 16.7 Å². The Morgan fingerprint density at radius 2 is 1.73 bits per heavy atom. The molecule has 0 atom stereocenters. The Bertz CT molecular complexity index is 718. The minimum atomic E-state index is 0.809. The zero-order valence-electron chi connectivity index (χ0n) is 13.0. The molecule has 0 amide bonds. The van der Waals surface area contributed by atoms with Crippen molar-refractivity contribution in [3.63, 3.8) is 0 Å². The largest absolute Gasteiger partial charge is 0.264 e. The molecule has 3 heterocycles. The maximum atomic E-state index is 4.56. The van der Waals surface area contributed by atoms with Gasteiger partial charge in [-0.3, -0.25) is 15.0 Å². The van der Waals surface area contributed by atoms with Crippen LogP contribution in [0.5, 0.6) is 0 Å². The molecular formula is C19H19N3. The van der Waals surface area contributed by atoms with Crippen LogP contribution in [0.25, 0.3) is 0 Å². The lowest BCUT2D eigenvalue weighted by Gasteiger charge is -2.06. The highest BCUT2D eigenvalue weighted by Crippen LogP contribution is 2.12. The number of nitrogens with zero attached hydrogens (tertiary/aromatic N) is 3. The second-order valence-electron chi connectivity index (χ2n) is 5.65. The summed E-state index contributed by atoms with van der Waals surface area (Å²) in [4.78, 5) is 13.3. The molecule has 0 spiro atoms. The van der Waals surface area contributed by atoms with E-state index in [1.807, 2.05) is 31.6 Å². The summed E-state index contributed by atoms with van der Waals surface area (Å²) in [5.41, 5.74) is 6.82. The Balaban J connectivity index is 1.78. The van der Waals surface area contributed by atoms with E-state index in [-0.39, 0.29) is 0 Å². The van der Waals surface area contributed by atoms with Gasteiger partial charge in [0.25, 0.3) is 0 Å². The molecule has 0 aliphatic rings. The third-order valence-corrected chi connectivity index (χ3v) is 3.53. The van der Waals surface area contributed by atoms with Crippen LogP contribution in [0.2, 0.25) is 0 Å². The molecule has 3 aromatic heterocycles. The Hall–Kier alpha value is -2.55. The van der Waals surface area contributed by atoms with Crippen molar-refractivity contribution in [1.82, 2.24) is 15.0 Å². The number of aryl methyl sites for hydroxylation is 2. The Labute approximate surface area is 131 Å². The number of aromatic nitrogens is 3. The smallest absolute Gasteiger partial charge is 0.0450 e. The van der Waals surface area contributed by atoms with Gasteiger partial charge in [0, 0.05) is 48.5 Å². The first-order valence-corrected chi connectivity index (χ1v) is 7.46. The van der Waals surface area contributed by atoms with Crippen LogP contribution in [0, 0.1) is 13.8 Å². The minimum Gasteiger partial charge on any atom is -0.264 e. The van der Waals surface area contributed by atoms with Gasteiger partial charge in [-0.15, -0.1) is 0 Å². The standard InChI is InChI=1S/C19H19N3/c1-14-8-17(13-20-12-14)11-19-10-16(6-7-21-19)9-18-5-3-4-15(2)22-18/h3-8,10,12-13H,9,11H2,1-2H3. The maximum absolute atomic E-state index is 4.56. The van der Waals surface area contributed by atoms with Gasteiger partial charge in [-0.2, -0.15) is 0 Å². The third-order valence-electron chi connectivity index (χ3n) is 3.53. The van der Waals surface area contributed by atoms with E-state index in [0.717, 1.165) is 29.9 Å². The van der Waals surface area contributed by atoms with E-state index >= 15 is 0 Å². The fourth-order valence-electron chi connectivity index (χ4n) is 2.57. The first-order chi connectivity index (χ1) is 10.7. The van der Waals surface area contributed by atoms with Crippen molar-refractivity contribution in [2.24, 2.45) is 0 Å². The van der Waals surface area contributed by atoms with E-state index in [0.29, 0.717) is 0 Å². The van der Waals surface area contributed by atoms with Crippen LogP contribution in [0.15, 0.2) is 55.0 Å². The molecule has 0 unspecified atom stereocenters. The average Bonchev–Trinajstić information content (AvgIpc) is 2.47. The summed E-state index contributed by atoms with van der Waals surface area (Å²) in [5.74, 6) is 0. The van der Waals surface area contributed by atoms with Gasteiger partial charge in [0.1, 0.15) is 0 Å². The summed E-state index contributed by atoms with van der Waals surface area (Å²) < 4.78 is 0. The predicted octanol–water partition coefficient (Wildman–Crippen LogP) is 3.67. The van der Waals surface area contributed by atoms with Crippen LogP contribution in [-0.4, -0.2) is 15.0 Å². The van der Waals surface area contributed by atoms with E-state index in [2.05, 4.69) is 52.2 Å². The molecule has 0 fully saturated rings. The molecule has 0 aliphatic heterocycles. The van der Waals surface area contributed by atoms with Crippen molar-refractivity contribution < 1.29 is 0 Å². The number of hydrogen-bond acceptors (Lipinski definition) is 3. The quantitative estimate of drug-likeness (QED) is 0.735. The Morgan fingerprint density at radius 1 is 0.864 bits per heavy atom. The number of rotatable bonds is 4. The number of hydrogen-bond donors (Lipinski definition) is 0. The normalized spacial score (nSPS) is 10.6. The van der Waals surface area contributed by atoms with Crippen LogP contribution in [0.3, 0.4) is 0 Å². The molecule has 0 saturated carbocycles. The zero-order valence-corrected chi connectivity index (χ0v) is 13.0. The van der Waals surface area contributed by atoms with Crippen LogP contribution < -0.4 is 0 Å². The molecule has 22 heavy (non-hydrogen) atoms. The fourth-order valence-corrected chi connectivity index (χ4v) is 2.57. The van der Waals surface area contributed by atoms with Gasteiger partial charge < -0.3 is 0 Å². The fraction of sp³-hybridized carbons (Fsp3) is 0.211. The van der Waals surface area contributed by atoms with E-state index < -0.39 is 0 Å². The maximum Gasteiger partial charge on any atom is 0.0450 e. The molecule has 3 heteroatoms. The van der Waals surface area contributed by atoms with Gasteiger partial charge in [-0.05, 0) is 54.8 Å². The second kappa shape index (κ2) is 6.48. The summed E-state index contributed by atoms with van der Waals surface area (Å²) in [6.07, 6.45) is 7.30. The van der Waals surface area contributed by atoms with Gasteiger partial charge in [-0.25, -0.2) is 0 Å². The molecule has 0 aliphatic carbocycles. The van der Waals surface area contributed by atoms with Gasteiger partial charge in [0.2, 0.25) is 0 Å². The molecule has 0 saturated heterocycles. The molecule has 0 radical (unpaired) electrons. The number of pyridine rings is 3. The first-order valence-electron chi connectivity index (χ1n) is 7.46. The van der Waals surface area contributed by atoms with Crippen LogP contribution in [0.4, 0.5) is 0 Å². The van der Waals surface area contributed by atoms with Crippen LogP contribution >= 0.6 is 0 Å². The van der Waals surface area contributed by atoms with Crippen molar-refractivity contribution >= 4 is 0 Å². The summed E-state index contributed by atoms with van der Waals surface area (Å²) >= 11 is 0. The Kier molecular flexibility index (Phi) is 4.24. The lowest BCUT2D eigenvalue weighted by Crippen LogP contribution is -1.98. The van der Waals surface area contributed by atoms with Crippen molar-refractivity contribution in [3.05, 3.63) is 88.8 Å². The second-order valence-corrected chi connectivity index (χ2v) is 5.65. The van der Waals surface area contributed by atoms with E-state index in [9.17, 15) is 0 Å². The lowest BCUT2D eigenvalue weighted by molar-refractivity contribution is 1.00. The summed E-state index contributed by atoms with van der Waals surface area (Å²) in [5, 5.41) is 0. The van der Waals surface area contributed by atoms with E-state index in [4.69, 9.17) is 0 Å². The molecule has 0 N–H and O–H groups in total. The minimum absolute atomic E-state index is 0.809. The summed E-state index contributed by atoms with van der Waals surface area (Å²) in [6.45, 7) is 4.08. The van der Waals surface area contributed by atoms with Gasteiger partial charge in [-0.1, -0.05) is 12.1 Å². The van der Waals surface area contributed by atoms with Crippen molar-refractivity contribution in [2.45, 2.75) is 26.7 Å². The average molecular weight is 289 g/mol. The molecule has 0 bridgehead atoms. The SMILES string of the molecule is Cc1cncc(Cc2cc(Cc3cccc(C)n3)ccn2)c1. The molecule has 0 aromatic carbocycles. The molecule has 3 aromatic rings. The van der Waals surface area contributed by atoms with Gasteiger partial charge in [0.05, 0.1) is 0 Å². The zero-order chi connectivity index (χ0) is 15.4. The third kappa shape index (κ3) is 3.76. The monoisotopic (exact) mass is 289 g/mol. The lowest BCUT2D eigenvalue weighted by atomic mass is 10.1. The molecule has 110 valence electrons. The molecule has 3 rings (SSSR count). The molecular weight excluding hydrogens is 270 g/mol.